The van der Waals surface area contributed by atoms with Crippen molar-refractivity contribution < 1.29 is 19.1 Å². The van der Waals surface area contributed by atoms with E-state index in [9.17, 15) is 9.90 Å². The van der Waals surface area contributed by atoms with E-state index in [-0.39, 0.29) is 4.91 Å². The summed E-state index contributed by atoms with van der Waals surface area (Å²) < 4.78 is 11.1. The van der Waals surface area contributed by atoms with Crippen LogP contribution in [-0.4, -0.2) is 52.6 Å². The van der Waals surface area contributed by atoms with Crippen LogP contribution < -0.4 is 4.90 Å². The summed E-state index contributed by atoms with van der Waals surface area (Å²) in [5.74, 6) is 0.584. The van der Waals surface area contributed by atoms with Crippen LogP contribution in [0.4, 0.5) is 5.88 Å². The van der Waals surface area contributed by atoms with Gasteiger partial charge in [0.2, 0.25) is 5.16 Å². The number of hydrogen-bond acceptors (Lipinski definition) is 7. The summed E-state index contributed by atoms with van der Waals surface area (Å²) in [6.07, 6.45) is 1.47. The molecule has 1 fully saturated rings. The van der Waals surface area contributed by atoms with Crippen LogP contribution in [0.15, 0.2) is 50.9 Å². The largest absolute Gasteiger partial charge is 0.477 e. The Balaban J connectivity index is 1.50. The van der Waals surface area contributed by atoms with Gasteiger partial charge in [0.15, 0.2) is 11.7 Å². The van der Waals surface area contributed by atoms with Gasteiger partial charge in [0.1, 0.15) is 10.7 Å². The highest BCUT2D eigenvalue weighted by Crippen LogP contribution is 2.29. The predicted molar refractivity (Wildman–Crippen MR) is 110 cm³/mol. The number of carbonyl (C=O) groups is 1. The molecule has 0 unspecified atom stereocenters. The number of H-pyrrole nitrogens is 1. The first-order valence-corrected chi connectivity index (χ1v) is 10.0. The summed E-state index contributed by atoms with van der Waals surface area (Å²) in [5, 5.41) is 17.4. The number of aliphatic carboxylic acids is 1. The van der Waals surface area contributed by atoms with E-state index in [1.165, 1.54) is 6.08 Å². The van der Waals surface area contributed by atoms with Crippen molar-refractivity contribution in [2.75, 3.05) is 31.2 Å². The van der Waals surface area contributed by atoms with Crippen molar-refractivity contribution >= 4 is 41.3 Å². The topological polar surface area (TPSA) is 104 Å². The SMILES string of the molecule is O=C(O)/C(=C/c1ccc(N2CCOCC2)o1)Sc1n[nH]c(-c2ccc(Cl)cc2)n1. The van der Waals surface area contributed by atoms with Crippen molar-refractivity contribution in [3.63, 3.8) is 0 Å². The van der Waals surface area contributed by atoms with E-state index in [0.717, 1.165) is 30.4 Å². The van der Waals surface area contributed by atoms with Gasteiger partial charge in [-0.2, -0.15) is 0 Å². The predicted octanol–water partition coefficient (Wildman–Crippen LogP) is 3.77. The molecule has 3 heterocycles. The van der Waals surface area contributed by atoms with Crippen LogP contribution in [0.1, 0.15) is 5.76 Å². The molecule has 2 N–H and O–H groups in total. The van der Waals surface area contributed by atoms with E-state index in [2.05, 4.69) is 20.1 Å². The highest BCUT2D eigenvalue weighted by Gasteiger charge is 2.17. The number of thioether (sulfide) groups is 1. The average Bonchev–Trinajstić information content (AvgIpc) is 3.39. The summed E-state index contributed by atoms with van der Waals surface area (Å²) in [4.78, 5) is 18.1. The van der Waals surface area contributed by atoms with Crippen molar-refractivity contribution in [1.29, 1.82) is 0 Å². The number of anilines is 1. The number of nitrogens with one attached hydrogen (secondary N) is 1. The van der Waals surface area contributed by atoms with E-state index in [0.29, 0.717) is 40.9 Å². The molecule has 3 aromatic rings. The maximum absolute atomic E-state index is 11.7. The highest BCUT2D eigenvalue weighted by atomic mass is 35.5. The van der Waals surface area contributed by atoms with Crippen molar-refractivity contribution in [3.05, 3.63) is 52.1 Å². The molecule has 1 aromatic carbocycles. The number of hydrogen-bond donors (Lipinski definition) is 2. The number of morpholine rings is 1. The first kappa shape index (κ1) is 19.6. The zero-order valence-corrected chi connectivity index (χ0v) is 16.7. The molecule has 4 rings (SSSR count). The number of rotatable bonds is 6. The number of nitrogens with zero attached hydrogens (tertiary/aromatic N) is 3. The van der Waals surface area contributed by atoms with Gasteiger partial charge in [0, 0.05) is 35.8 Å². The Labute approximate surface area is 175 Å². The first-order chi connectivity index (χ1) is 14.1. The van der Waals surface area contributed by atoms with E-state index >= 15 is 0 Å². The van der Waals surface area contributed by atoms with Crippen LogP contribution >= 0.6 is 23.4 Å². The molecule has 8 nitrogen and oxygen atoms in total. The van der Waals surface area contributed by atoms with Gasteiger partial charge in [-0.1, -0.05) is 11.6 Å². The molecule has 29 heavy (non-hydrogen) atoms. The molecule has 0 saturated carbocycles. The van der Waals surface area contributed by atoms with Crippen molar-refractivity contribution in [2.24, 2.45) is 0 Å². The van der Waals surface area contributed by atoms with Crippen LogP contribution in [0, 0.1) is 0 Å². The quantitative estimate of drug-likeness (QED) is 0.448. The van der Waals surface area contributed by atoms with Crippen molar-refractivity contribution in [3.8, 4) is 11.4 Å². The maximum Gasteiger partial charge on any atom is 0.342 e. The lowest BCUT2D eigenvalue weighted by Gasteiger charge is -2.26. The van der Waals surface area contributed by atoms with Gasteiger partial charge < -0.3 is 19.2 Å². The number of aromatic amines is 1. The standard InChI is InChI=1S/C19H17ClN4O4S/c20-13-3-1-12(2-4-13)17-21-19(23-22-17)29-15(18(25)26)11-14-5-6-16(28-14)24-7-9-27-10-8-24/h1-6,11H,7-10H2,(H,25,26)(H,21,22,23)/b15-11-. The molecule has 10 heteroatoms. The zero-order valence-electron chi connectivity index (χ0n) is 15.2. The molecule has 1 aliphatic heterocycles. The van der Waals surface area contributed by atoms with Crippen LogP contribution in [0.25, 0.3) is 17.5 Å². The fraction of sp³-hybridized carbons (Fsp3) is 0.211. The molecule has 0 radical (unpaired) electrons. The Morgan fingerprint density at radius 2 is 1.97 bits per heavy atom. The van der Waals surface area contributed by atoms with Crippen LogP contribution in [0.2, 0.25) is 5.02 Å². The molecule has 0 aliphatic carbocycles. The van der Waals surface area contributed by atoms with Gasteiger partial charge in [-0.05, 0) is 42.1 Å². The molecule has 1 aliphatic rings. The number of furan rings is 1. The molecule has 1 saturated heterocycles. The lowest BCUT2D eigenvalue weighted by atomic mass is 10.2. The van der Waals surface area contributed by atoms with Gasteiger partial charge >= 0.3 is 5.97 Å². The highest BCUT2D eigenvalue weighted by molar-refractivity contribution is 8.04. The lowest BCUT2D eigenvalue weighted by Crippen LogP contribution is -2.35. The van der Waals surface area contributed by atoms with Gasteiger partial charge in [0.05, 0.1) is 13.2 Å². The van der Waals surface area contributed by atoms with E-state index < -0.39 is 5.97 Å². The third-order valence-corrected chi connectivity index (χ3v) is 5.33. The molecule has 150 valence electrons. The first-order valence-electron chi connectivity index (χ1n) is 8.82. The second kappa shape index (κ2) is 8.73. The fourth-order valence-corrected chi connectivity index (χ4v) is 3.58. The van der Waals surface area contributed by atoms with Gasteiger partial charge in [-0.25, -0.2) is 9.78 Å². The third kappa shape index (κ3) is 4.81. The summed E-state index contributed by atoms with van der Waals surface area (Å²) in [5.41, 5.74) is 0.802. The Hall–Kier alpha value is -2.75. The monoisotopic (exact) mass is 432 g/mol. The number of carboxylic acids is 1. The van der Waals surface area contributed by atoms with Crippen LogP contribution in [0.5, 0.6) is 0 Å². The van der Waals surface area contributed by atoms with E-state index in [4.69, 9.17) is 20.8 Å². The fourth-order valence-electron chi connectivity index (χ4n) is 2.76. The molecular weight excluding hydrogens is 416 g/mol. The minimum absolute atomic E-state index is 0.0505. The van der Waals surface area contributed by atoms with E-state index in [1.807, 2.05) is 6.07 Å². The van der Waals surface area contributed by atoms with Gasteiger partial charge in [-0.3, -0.25) is 5.10 Å². The summed E-state index contributed by atoms with van der Waals surface area (Å²) in [6, 6.07) is 10.7. The average molecular weight is 433 g/mol. The lowest BCUT2D eigenvalue weighted by molar-refractivity contribution is -0.131. The Kier molecular flexibility index (Phi) is 5.89. The molecule has 0 amide bonds. The van der Waals surface area contributed by atoms with E-state index in [1.54, 1.807) is 30.3 Å². The smallest absolute Gasteiger partial charge is 0.342 e. The minimum atomic E-state index is -1.09. The molecule has 0 atom stereocenters. The Morgan fingerprint density at radius 1 is 1.21 bits per heavy atom. The third-order valence-electron chi connectivity index (χ3n) is 4.20. The van der Waals surface area contributed by atoms with Crippen LogP contribution in [-0.2, 0) is 9.53 Å². The normalized spacial score (nSPS) is 14.9. The Morgan fingerprint density at radius 3 is 2.69 bits per heavy atom. The minimum Gasteiger partial charge on any atom is -0.477 e. The van der Waals surface area contributed by atoms with Crippen molar-refractivity contribution in [1.82, 2.24) is 15.2 Å². The number of aromatic nitrogens is 3. The van der Waals surface area contributed by atoms with Gasteiger partial charge in [0.25, 0.3) is 0 Å². The molecule has 0 bridgehead atoms. The molecule has 2 aromatic heterocycles. The number of benzene rings is 1. The molecular formula is C19H17ClN4O4S. The van der Waals surface area contributed by atoms with Gasteiger partial charge in [-0.15, -0.1) is 5.10 Å². The molecule has 0 spiro atoms. The maximum atomic E-state index is 11.7. The van der Waals surface area contributed by atoms with Crippen LogP contribution in [0.3, 0.4) is 0 Å². The Bertz CT molecular complexity index is 1030. The second-order valence-electron chi connectivity index (χ2n) is 6.16. The second-order valence-corrected chi connectivity index (χ2v) is 7.61. The summed E-state index contributed by atoms with van der Waals surface area (Å²) in [6.45, 7) is 2.76. The zero-order chi connectivity index (χ0) is 20.2. The number of ether oxygens (including phenoxy) is 1. The van der Waals surface area contributed by atoms with Crippen molar-refractivity contribution in [2.45, 2.75) is 5.16 Å². The summed E-state index contributed by atoms with van der Waals surface area (Å²) >= 11 is 6.84. The number of carboxylic acid groups (broad SMARTS) is 1. The number of halogens is 1. The summed E-state index contributed by atoms with van der Waals surface area (Å²) in [7, 11) is 0.